The van der Waals surface area contributed by atoms with Crippen molar-refractivity contribution >= 4 is 22.5 Å². The molecule has 0 aliphatic heterocycles. The van der Waals surface area contributed by atoms with E-state index in [-0.39, 0.29) is 11.9 Å². The fourth-order valence-electron chi connectivity index (χ4n) is 3.56. The first-order chi connectivity index (χ1) is 14.0. The minimum Gasteiger partial charge on any atom is -0.439 e. The first kappa shape index (κ1) is 19.2. The van der Waals surface area contributed by atoms with Crippen LogP contribution in [-0.2, 0) is 4.79 Å². The molecule has 5 heteroatoms. The number of aromatic nitrogens is 1. The molecule has 2 N–H and O–H groups in total. The van der Waals surface area contributed by atoms with Crippen molar-refractivity contribution in [2.45, 2.75) is 45.7 Å². The van der Waals surface area contributed by atoms with Crippen molar-refractivity contribution in [2.75, 3.05) is 5.32 Å². The average Bonchev–Trinajstić information content (AvgIpc) is 3.54. The van der Waals surface area contributed by atoms with Crippen molar-refractivity contribution in [1.82, 2.24) is 10.3 Å². The van der Waals surface area contributed by atoms with Crippen LogP contribution in [-0.4, -0.2) is 16.9 Å². The average molecular weight is 389 g/mol. The van der Waals surface area contributed by atoms with Gasteiger partial charge in [0.05, 0.1) is 11.6 Å². The lowest BCUT2D eigenvalue weighted by atomic mass is 10.1. The van der Waals surface area contributed by atoms with Crippen molar-refractivity contribution in [2.24, 2.45) is 5.92 Å². The van der Waals surface area contributed by atoms with E-state index in [1.807, 2.05) is 61.5 Å². The quantitative estimate of drug-likeness (QED) is 0.565. The predicted molar refractivity (Wildman–Crippen MR) is 116 cm³/mol. The molecule has 1 heterocycles. The van der Waals surface area contributed by atoms with Crippen molar-refractivity contribution < 1.29 is 9.53 Å². The molecule has 5 nitrogen and oxygen atoms in total. The summed E-state index contributed by atoms with van der Waals surface area (Å²) in [5, 5.41) is 7.47. The van der Waals surface area contributed by atoms with Gasteiger partial charge in [-0.2, -0.15) is 0 Å². The Morgan fingerprint density at radius 3 is 2.52 bits per heavy atom. The highest BCUT2D eigenvalue weighted by Gasteiger charge is 2.27. The maximum absolute atomic E-state index is 11.3. The number of anilines is 1. The van der Waals surface area contributed by atoms with Gasteiger partial charge >= 0.3 is 0 Å². The van der Waals surface area contributed by atoms with Crippen LogP contribution in [0.25, 0.3) is 10.9 Å². The van der Waals surface area contributed by atoms with Crippen LogP contribution in [0.5, 0.6) is 11.6 Å². The molecule has 150 valence electrons. The Morgan fingerprint density at radius 2 is 1.83 bits per heavy atom. The highest BCUT2D eigenvalue weighted by atomic mass is 16.5. The maximum Gasteiger partial charge on any atom is 0.219 e. The summed E-state index contributed by atoms with van der Waals surface area (Å²) in [5.41, 5.74) is 3.02. The molecule has 0 radical (unpaired) electrons. The third-order valence-corrected chi connectivity index (χ3v) is 5.41. The van der Waals surface area contributed by atoms with E-state index in [1.54, 1.807) is 0 Å². The number of nitrogens with zero attached hydrogens (tertiary/aromatic N) is 1. The highest BCUT2D eigenvalue weighted by molar-refractivity contribution is 5.80. The number of hydrogen-bond donors (Lipinski definition) is 2. The zero-order valence-electron chi connectivity index (χ0n) is 17.1. The molecule has 1 fully saturated rings. The zero-order valence-corrected chi connectivity index (χ0v) is 17.1. The van der Waals surface area contributed by atoms with Gasteiger partial charge in [0, 0.05) is 30.1 Å². The monoisotopic (exact) mass is 389 g/mol. The van der Waals surface area contributed by atoms with Crippen LogP contribution in [0.1, 0.15) is 45.2 Å². The Morgan fingerprint density at radius 1 is 1.07 bits per heavy atom. The van der Waals surface area contributed by atoms with Gasteiger partial charge in [-0.15, -0.1) is 0 Å². The summed E-state index contributed by atoms with van der Waals surface area (Å²) in [6.45, 7) is 5.74. The fraction of sp³-hybridized carbons (Fsp3) is 0.333. The minimum absolute atomic E-state index is 0.0392. The van der Waals surface area contributed by atoms with Crippen LogP contribution in [0.4, 0.5) is 5.69 Å². The van der Waals surface area contributed by atoms with E-state index in [1.165, 1.54) is 19.8 Å². The first-order valence-electron chi connectivity index (χ1n) is 10.2. The molecule has 4 rings (SSSR count). The minimum atomic E-state index is -0.0393. The molecular formula is C24H27N3O2. The van der Waals surface area contributed by atoms with Gasteiger partial charge in [-0.05, 0) is 80.6 Å². The van der Waals surface area contributed by atoms with E-state index in [9.17, 15) is 4.79 Å². The van der Waals surface area contributed by atoms with Crippen LogP contribution in [0, 0.1) is 5.92 Å². The normalized spacial score (nSPS) is 15.6. The van der Waals surface area contributed by atoms with E-state index in [2.05, 4.69) is 22.5 Å². The molecule has 2 atom stereocenters. The van der Waals surface area contributed by atoms with Crippen LogP contribution >= 0.6 is 0 Å². The number of ether oxygens (including phenoxy) is 1. The molecule has 1 amide bonds. The smallest absolute Gasteiger partial charge is 0.219 e. The van der Waals surface area contributed by atoms with Gasteiger partial charge in [-0.25, -0.2) is 4.98 Å². The molecule has 0 saturated heterocycles. The molecule has 0 bridgehead atoms. The van der Waals surface area contributed by atoms with Gasteiger partial charge in [0.1, 0.15) is 5.75 Å². The summed E-state index contributed by atoms with van der Waals surface area (Å²) >= 11 is 0. The first-order valence-corrected chi connectivity index (χ1v) is 10.2. The summed E-state index contributed by atoms with van der Waals surface area (Å²) in [6.07, 6.45) is 2.66. The SMILES string of the molecule is CC(=O)NC(C)c1ccc2nc(Oc3ccc(NC(C)C4CC4)cc3)ccc2c1. The fourth-order valence-corrected chi connectivity index (χ4v) is 3.56. The summed E-state index contributed by atoms with van der Waals surface area (Å²) in [6, 6.07) is 18.4. The van der Waals surface area contributed by atoms with Crippen LogP contribution in [0.3, 0.4) is 0 Å². The summed E-state index contributed by atoms with van der Waals surface area (Å²) in [4.78, 5) is 15.9. The van der Waals surface area contributed by atoms with Gasteiger partial charge < -0.3 is 15.4 Å². The second kappa shape index (κ2) is 8.11. The van der Waals surface area contributed by atoms with Crippen molar-refractivity contribution in [3.05, 3.63) is 60.2 Å². The standard InChI is InChI=1S/C24H27N3O2/c1-15(18-4-5-18)26-21-8-10-22(11-9-21)29-24-13-7-20-14-19(6-12-23(20)27-24)16(2)25-17(3)28/h6-16,18,26H,4-5H2,1-3H3,(H,25,28). The molecule has 0 spiro atoms. The Hall–Kier alpha value is -3.08. The second-order valence-corrected chi connectivity index (χ2v) is 7.92. The Bertz CT molecular complexity index is 1010. The van der Waals surface area contributed by atoms with E-state index in [4.69, 9.17) is 4.74 Å². The molecule has 3 aromatic rings. The van der Waals surface area contributed by atoms with E-state index in [0.29, 0.717) is 11.9 Å². The van der Waals surface area contributed by atoms with Crippen molar-refractivity contribution in [3.8, 4) is 11.6 Å². The zero-order chi connectivity index (χ0) is 20.4. The summed E-state index contributed by atoms with van der Waals surface area (Å²) in [5.74, 6) is 2.10. The number of benzene rings is 2. The number of carbonyl (C=O) groups excluding carboxylic acids is 1. The lowest BCUT2D eigenvalue weighted by molar-refractivity contribution is -0.119. The van der Waals surface area contributed by atoms with E-state index < -0.39 is 0 Å². The highest BCUT2D eigenvalue weighted by Crippen LogP contribution is 2.34. The number of amides is 1. The number of rotatable bonds is 7. The third-order valence-electron chi connectivity index (χ3n) is 5.41. The molecule has 1 aromatic heterocycles. The Labute approximate surface area is 171 Å². The number of hydrogen-bond acceptors (Lipinski definition) is 4. The molecule has 29 heavy (non-hydrogen) atoms. The van der Waals surface area contributed by atoms with E-state index in [0.717, 1.165) is 33.8 Å². The van der Waals surface area contributed by atoms with Crippen molar-refractivity contribution in [3.63, 3.8) is 0 Å². The largest absolute Gasteiger partial charge is 0.439 e. The molecular weight excluding hydrogens is 362 g/mol. The Balaban J connectivity index is 1.44. The van der Waals surface area contributed by atoms with Gasteiger partial charge in [-0.1, -0.05) is 6.07 Å². The van der Waals surface area contributed by atoms with Crippen LogP contribution in [0.15, 0.2) is 54.6 Å². The molecule has 1 aliphatic rings. The number of fused-ring (bicyclic) bond motifs is 1. The molecule has 1 saturated carbocycles. The summed E-state index contributed by atoms with van der Waals surface area (Å²) < 4.78 is 5.94. The third kappa shape index (κ3) is 4.86. The number of pyridine rings is 1. The number of nitrogens with one attached hydrogen (secondary N) is 2. The lowest BCUT2D eigenvalue weighted by Crippen LogP contribution is -2.23. The second-order valence-electron chi connectivity index (χ2n) is 7.92. The van der Waals surface area contributed by atoms with Crippen LogP contribution < -0.4 is 15.4 Å². The molecule has 1 aliphatic carbocycles. The lowest BCUT2D eigenvalue weighted by Gasteiger charge is -2.15. The predicted octanol–water partition coefficient (Wildman–Crippen LogP) is 5.43. The van der Waals surface area contributed by atoms with Gasteiger partial charge in [0.15, 0.2) is 0 Å². The molecule has 2 unspecified atom stereocenters. The Kier molecular flexibility index (Phi) is 5.38. The topological polar surface area (TPSA) is 63.2 Å². The van der Waals surface area contributed by atoms with Crippen LogP contribution in [0.2, 0.25) is 0 Å². The van der Waals surface area contributed by atoms with E-state index >= 15 is 0 Å². The van der Waals surface area contributed by atoms with Gasteiger partial charge in [0.2, 0.25) is 11.8 Å². The summed E-state index contributed by atoms with van der Waals surface area (Å²) in [7, 11) is 0. The maximum atomic E-state index is 11.3. The molecule has 2 aromatic carbocycles. The number of carbonyl (C=O) groups is 1. The van der Waals surface area contributed by atoms with Crippen molar-refractivity contribution in [1.29, 1.82) is 0 Å². The van der Waals surface area contributed by atoms with Gasteiger partial charge in [0.25, 0.3) is 0 Å². The van der Waals surface area contributed by atoms with Gasteiger partial charge in [-0.3, -0.25) is 4.79 Å².